The molecule has 3 N–H and O–H groups in total. The van der Waals surface area contributed by atoms with Gasteiger partial charge in [0.05, 0.1) is 34.3 Å². The third-order valence-corrected chi connectivity index (χ3v) is 11.0. The molecule has 1 amide bonds. The minimum Gasteiger partial charge on any atom is -0.486 e. The van der Waals surface area contributed by atoms with E-state index in [-0.39, 0.29) is 11.9 Å². The van der Waals surface area contributed by atoms with Crippen LogP contribution in [0.25, 0.3) is 11.1 Å². The van der Waals surface area contributed by atoms with Gasteiger partial charge in [-0.1, -0.05) is 42.5 Å². The summed E-state index contributed by atoms with van der Waals surface area (Å²) in [6.45, 7) is 2.40. The van der Waals surface area contributed by atoms with Crippen LogP contribution in [0.2, 0.25) is 0 Å². The van der Waals surface area contributed by atoms with Crippen LogP contribution >= 0.6 is 0 Å². The number of hydrogen-bond acceptors (Lipinski definition) is 6. The summed E-state index contributed by atoms with van der Waals surface area (Å²) in [7, 11) is 0. The number of amides is 1. The molecule has 3 aromatic carbocycles. The van der Waals surface area contributed by atoms with Crippen molar-refractivity contribution in [1.82, 2.24) is 10.2 Å². The van der Waals surface area contributed by atoms with Gasteiger partial charge in [-0.3, -0.25) is 9.69 Å². The molecule has 5 unspecified atom stereocenters. The summed E-state index contributed by atoms with van der Waals surface area (Å²) in [5, 5.41) is 35.8. The Hall–Kier alpha value is -3.70. The van der Waals surface area contributed by atoms with Crippen molar-refractivity contribution in [3.05, 3.63) is 88.5 Å². The minimum atomic E-state index is -0.971. The van der Waals surface area contributed by atoms with Gasteiger partial charge in [-0.2, -0.15) is 5.26 Å². The second kappa shape index (κ2) is 9.92. The molecule has 5 aliphatic rings. The molecule has 3 aliphatic carbocycles. The van der Waals surface area contributed by atoms with Crippen LogP contribution in [0.5, 0.6) is 5.75 Å². The van der Waals surface area contributed by atoms with Gasteiger partial charge >= 0.3 is 0 Å². The number of carbonyl (C=O) groups is 1. The average Bonchev–Trinajstić information content (AvgIpc) is 3.77. The van der Waals surface area contributed by atoms with Crippen molar-refractivity contribution in [2.24, 2.45) is 5.92 Å². The van der Waals surface area contributed by atoms with Crippen molar-refractivity contribution >= 4 is 5.91 Å². The molecule has 2 heterocycles. The van der Waals surface area contributed by atoms with E-state index < -0.39 is 23.2 Å². The molecule has 1 spiro atoms. The number of likely N-dealkylation sites (tertiary alicyclic amines) is 1. The summed E-state index contributed by atoms with van der Waals surface area (Å²) in [6, 6.07) is 21.9. The zero-order valence-electron chi connectivity index (χ0n) is 24.3. The van der Waals surface area contributed by atoms with Gasteiger partial charge < -0.3 is 20.3 Å². The molecule has 0 aromatic heterocycles. The smallest absolute Gasteiger partial charge is 0.255 e. The number of nitrogens with zero attached hydrogens (tertiary/aromatic N) is 2. The van der Waals surface area contributed by atoms with Crippen molar-refractivity contribution < 1.29 is 19.7 Å². The van der Waals surface area contributed by atoms with Gasteiger partial charge in [-0.05, 0) is 97.9 Å². The Morgan fingerprint density at radius 3 is 2.49 bits per heavy atom. The number of ether oxygens (including phenoxy) is 1. The van der Waals surface area contributed by atoms with Crippen molar-refractivity contribution in [3.8, 4) is 22.9 Å². The number of nitrogens with one attached hydrogen (secondary N) is 1. The fourth-order valence-corrected chi connectivity index (χ4v) is 8.66. The number of benzene rings is 3. The van der Waals surface area contributed by atoms with Crippen molar-refractivity contribution in [3.63, 3.8) is 0 Å². The van der Waals surface area contributed by atoms with E-state index in [1.54, 1.807) is 0 Å². The molecular weight excluding hydrogens is 538 g/mol. The van der Waals surface area contributed by atoms with Crippen molar-refractivity contribution in [2.45, 2.75) is 74.2 Å². The van der Waals surface area contributed by atoms with Crippen molar-refractivity contribution in [2.75, 3.05) is 19.6 Å². The number of aliphatic hydroxyl groups excluding tert-OH is 1. The zero-order valence-corrected chi connectivity index (χ0v) is 24.3. The Balaban J connectivity index is 1.01. The van der Waals surface area contributed by atoms with Gasteiger partial charge in [0.25, 0.3) is 5.91 Å². The molecule has 8 rings (SSSR count). The van der Waals surface area contributed by atoms with Crippen LogP contribution in [0, 0.1) is 17.2 Å². The van der Waals surface area contributed by atoms with E-state index in [2.05, 4.69) is 46.6 Å². The third kappa shape index (κ3) is 4.07. The van der Waals surface area contributed by atoms with Gasteiger partial charge in [-0.15, -0.1) is 0 Å². The second-order valence-corrected chi connectivity index (χ2v) is 13.3. The molecular formula is C36H37N3O4. The van der Waals surface area contributed by atoms with E-state index in [9.17, 15) is 15.0 Å². The lowest BCUT2D eigenvalue weighted by Gasteiger charge is -2.63. The first kappa shape index (κ1) is 26.9. The molecule has 2 saturated carbocycles. The number of hydrogen-bond donors (Lipinski definition) is 3. The van der Waals surface area contributed by atoms with Gasteiger partial charge in [0.2, 0.25) is 0 Å². The number of carbonyl (C=O) groups excluding carboxylic acids is 1. The van der Waals surface area contributed by atoms with E-state index in [1.165, 1.54) is 12.8 Å². The zero-order chi connectivity index (χ0) is 29.3. The number of piperidine rings is 1. The second-order valence-electron chi connectivity index (χ2n) is 13.3. The van der Waals surface area contributed by atoms with E-state index in [4.69, 9.17) is 10.00 Å². The van der Waals surface area contributed by atoms with Crippen LogP contribution in [0.4, 0.5) is 0 Å². The highest BCUT2D eigenvalue weighted by Gasteiger charge is 2.72. The third-order valence-electron chi connectivity index (χ3n) is 11.0. The van der Waals surface area contributed by atoms with Gasteiger partial charge in [0, 0.05) is 24.7 Å². The fourth-order valence-electron chi connectivity index (χ4n) is 8.66. The Morgan fingerprint density at radius 2 is 1.77 bits per heavy atom. The maximum absolute atomic E-state index is 13.6. The summed E-state index contributed by atoms with van der Waals surface area (Å²) < 4.78 is 6.56. The maximum Gasteiger partial charge on any atom is 0.255 e. The summed E-state index contributed by atoms with van der Waals surface area (Å²) >= 11 is 0. The van der Waals surface area contributed by atoms with E-state index in [1.807, 2.05) is 30.3 Å². The maximum atomic E-state index is 13.6. The molecule has 7 nitrogen and oxygen atoms in total. The number of aliphatic hydroxyl groups is 2. The topological polar surface area (TPSA) is 106 Å². The van der Waals surface area contributed by atoms with Gasteiger partial charge in [-0.25, -0.2) is 0 Å². The van der Waals surface area contributed by atoms with Crippen LogP contribution < -0.4 is 10.1 Å². The normalized spacial score (nSPS) is 30.2. The Labute approximate surface area is 252 Å². The van der Waals surface area contributed by atoms with E-state index >= 15 is 0 Å². The van der Waals surface area contributed by atoms with Crippen molar-refractivity contribution in [1.29, 1.82) is 5.26 Å². The minimum absolute atomic E-state index is 0.0156. The largest absolute Gasteiger partial charge is 0.486 e. The summed E-state index contributed by atoms with van der Waals surface area (Å²) in [5.41, 5.74) is 4.87. The predicted octanol–water partition coefficient (Wildman–Crippen LogP) is 4.12. The average molecular weight is 576 g/mol. The molecule has 7 heteroatoms. The molecule has 3 aromatic rings. The molecule has 43 heavy (non-hydrogen) atoms. The number of rotatable bonds is 7. The lowest BCUT2D eigenvalue weighted by Crippen LogP contribution is -2.77. The number of nitriles is 1. The first-order chi connectivity index (χ1) is 20.9. The Kier molecular flexibility index (Phi) is 6.20. The predicted molar refractivity (Wildman–Crippen MR) is 162 cm³/mol. The summed E-state index contributed by atoms with van der Waals surface area (Å²) in [5.74, 6) is 1.12. The van der Waals surface area contributed by atoms with E-state index in [0.29, 0.717) is 42.7 Å². The highest BCUT2D eigenvalue weighted by atomic mass is 16.5. The lowest BCUT2D eigenvalue weighted by molar-refractivity contribution is -0.208. The summed E-state index contributed by atoms with van der Waals surface area (Å²) in [4.78, 5) is 16.1. The lowest BCUT2D eigenvalue weighted by atomic mass is 9.48. The molecule has 3 fully saturated rings. The highest BCUT2D eigenvalue weighted by Crippen LogP contribution is 2.64. The van der Waals surface area contributed by atoms with Crippen LogP contribution in [-0.4, -0.2) is 64.5 Å². The van der Waals surface area contributed by atoms with Crippen LogP contribution in [-0.2, 0) is 18.3 Å². The fraction of sp³-hybridized carbons (Fsp3) is 0.444. The van der Waals surface area contributed by atoms with Gasteiger partial charge in [0.15, 0.2) is 0 Å². The molecule has 220 valence electrons. The monoisotopic (exact) mass is 575 g/mol. The highest BCUT2D eigenvalue weighted by molar-refractivity contribution is 5.98. The van der Waals surface area contributed by atoms with Crippen LogP contribution in [0.15, 0.2) is 60.7 Å². The Morgan fingerprint density at radius 1 is 1.02 bits per heavy atom. The van der Waals surface area contributed by atoms with Crippen LogP contribution in [0.1, 0.15) is 64.7 Å². The molecule has 1 saturated heterocycles. The van der Waals surface area contributed by atoms with Gasteiger partial charge in [0.1, 0.15) is 11.9 Å². The van der Waals surface area contributed by atoms with E-state index in [0.717, 1.165) is 59.7 Å². The SMILES string of the molecule is N#Cc1ccc(-c2ccc(CCNC(=O)c3ccc4c5c3OC3C(O)CCC6(O)C(C4)N(CC4CC4)CCC536)cc2)cc1. The molecule has 2 bridgehead atoms. The standard InChI is InChI=1S/C36H37N3O4/c37-20-23-5-9-26(10-6-23)25-7-3-22(4-8-25)14-17-38-34(41)28-12-11-27-19-30-36(42)15-13-29(40)33-35(36,31(27)32(28)43-33)16-18-39(30)21-24-1-2-24/h3-12,24,29-30,33,40,42H,1-2,13-19,21H2,(H,38,41). The molecule has 0 radical (unpaired) electrons. The molecule has 5 atom stereocenters. The first-order valence-electron chi connectivity index (χ1n) is 15.8. The summed E-state index contributed by atoms with van der Waals surface area (Å²) in [6.07, 6.45) is 4.58. The quantitative estimate of drug-likeness (QED) is 0.392. The molecule has 2 aliphatic heterocycles. The van der Waals surface area contributed by atoms with Crippen LogP contribution in [0.3, 0.4) is 0 Å². The first-order valence-corrected chi connectivity index (χ1v) is 15.8. The Bertz CT molecular complexity index is 1630.